The van der Waals surface area contributed by atoms with E-state index in [1.165, 1.54) is 0 Å². The molecule has 0 aromatic heterocycles. The van der Waals surface area contributed by atoms with E-state index in [0.717, 1.165) is 19.3 Å². The first kappa shape index (κ1) is 16.1. The van der Waals surface area contributed by atoms with E-state index in [9.17, 15) is 14.4 Å². The molecule has 0 spiro atoms. The zero-order chi connectivity index (χ0) is 14.8. The molecule has 20 heavy (non-hydrogen) atoms. The van der Waals surface area contributed by atoms with Crippen LogP contribution in [0.25, 0.3) is 0 Å². The van der Waals surface area contributed by atoms with Gasteiger partial charge >= 0.3 is 5.97 Å². The molecule has 0 heterocycles. The molecular weight excluding hydrogens is 256 g/mol. The second kappa shape index (κ2) is 9.02. The summed E-state index contributed by atoms with van der Waals surface area (Å²) < 4.78 is 0. The molecule has 4 heteroatoms. The van der Waals surface area contributed by atoms with Crippen LogP contribution in [0.5, 0.6) is 0 Å². The highest BCUT2D eigenvalue weighted by atomic mass is 16.4. The molecular formula is C16H20O4. The summed E-state index contributed by atoms with van der Waals surface area (Å²) in [5.74, 6) is -1.54. The first-order chi connectivity index (χ1) is 9.61. The van der Waals surface area contributed by atoms with E-state index in [-0.39, 0.29) is 18.6 Å². The predicted molar refractivity (Wildman–Crippen MR) is 75.7 cm³/mol. The van der Waals surface area contributed by atoms with Crippen molar-refractivity contribution in [3.8, 4) is 0 Å². The molecule has 0 radical (unpaired) electrons. The molecule has 0 aliphatic heterocycles. The predicted octanol–water partition coefficient (Wildman–Crippen LogP) is 3.25. The number of aliphatic carboxylic acids is 1. The molecule has 1 N–H and O–H groups in total. The van der Waals surface area contributed by atoms with E-state index < -0.39 is 11.8 Å². The largest absolute Gasteiger partial charge is 0.481 e. The van der Waals surface area contributed by atoms with Gasteiger partial charge in [-0.2, -0.15) is 0 Å². The third-order valence-electron chi connectivity index (χ3n) is 3.08. The number of carbonyl (C=O) groups excluding carboxylic acids is 2. The fourth-order valence-corrected chi connectivity index (χ4v) is 1.96. The lowest BCUT2D eigenvalue weighted by molar-refractivity contribution is -0.137. The van der Waals surface area contributed by atoms with Crippen molar-refractivity contribution in [3.63, 3.8) is 0 Å². The van der Waals surface area contributed by atoms with Gasteiger partial charge in [-0.1, -0.05) is 49.6 Å². The van der Waals surface area contributed by atoms with E-state index in [1.54, 1.807) is 30.3 Å². The summed E-state index contributed by atoms with van der Waals surface area (Å²) in [7, 11) is 0. The third kappa shape index (κ3) is 6.27. The highest BCUT2D eigenvalue weighted by Gasteiger charge is 2.14. The van der Waals surface area contributed by atoms with Crippen molar-refractivity contribution in [1.82, 2.24) is 0 Å². The first-order valence-corrected chi connectivity index (χ1v) is 6.95. The zero-order valence-corrected chi connectivity index (χ0v) is 11.5. The maximum Gasteiger partial charge on any atom is 0.303 e. The van der Waals surface area contributed by atoms with Crippen LogP contribution in [0.3, 0.4) is 0 Å². The third-order valence-corrected chi connectivity index (χ3v) is 3.08. The zero-order valence-electron chi connectivity index (χ0n) is 11.5. The van der Waals surface area contributed by atoms with Gasteiger partial charge < -0.3 is 5.11 Å². The number of hydrogen-bond acceptors (Lipinski definition) is 3. The molecule has 0 aliphatic rings. The minimum absolute atomic E-state index is 0.200. The Bertz CT molecular complexity index is 451. The molecule has 1 aromatic rings. The molecule has 108 valence electrons. The summed E-state index contributed by atoms with van der Waals surface area (Å²) >= 11 is 0. The quantitative estimate of drug-likeness (QED) is 0.404. The van der Waals surface area contributed by atoms with E-state index in [0.29, 0.717) is 18.4 Å². The molecule has 0 unspecified atom stereocenters. The lowest BCUT2D eigenvalue weighted by Crippen LogP contribution is -2.13. The molecule has 0 atom stereocenters. The Labute approximate surface area is 118 Å². The van der Waals surface area contributed by atoms with Crippen LogP contribution in [0.2, 0.25) is 0 Å². The van der Waals surface area contributed by atoms with Crippen molar-refractivity contribution in [2.24, 2.45) is 0 Å². The van der Waals surface area contributed by atoms with E-state index >= 15 is 0 Å². The van der Waals surface area contributed by atoms with Gasteiger partial charge in [-0.3, -0.25) is 14.4 Å². The first-order valence-electron chi connectivity index (χ1n) is 6.95. The van der Waals surface area contributed by atoms with Crippen LogP contribution in [0.1, 0.15) is 55.3 Å². The van der Waals surface area contributed by atoms with E-state index in [1.807, 2.05) is 0 Å². The SMILES string of the molecule is O=C(O)CCCCCCCC(=O)C(=O)c1ccccc1. The molecule has 0 bridgehead atoms. The van der Waals surface area contributed by atoms with Crippen LogP contribution >= 0.6 is 0 Å². The second-order valence-corrected chi connectivity index (χ2v) is 4.78. The summed E-state index contributed by atoms with van der Waals surface area (Å²) in [5.41, 5.74) is 0.443. The van der Waals surface area contributed by atoms with Crippen molar-refractivity contribution in [3.05, 3.63) is 35.9 Å². The Kier molecular flexibility index (Phi) is 7.25. The number of hydrogen-bond donors (Lipinski definition) is 1. The van der Waals surface area contributed by atoms with Gasteiger partial charge in [0.25, 0.3) is 0 Å². The minimum atomic E-state index is -0.770. The van der Waals surface area contributed by atoms with Crippen molar-refractivity contribution in [1.29, 1.82) is 0 Å². The van der Waals surface area contributed by atoms with Crippen LogP contribution in [0, 0.1) is 0 Å². The Morgan fingerprint density at radius 3 is 1.95 bits per heavy atom. The molecule has 1 aromatic carbocycles. The number of carbonyl (C=O) groups is 3. The van der Waals surface area contributed by atoms with Crippen molar-refractivity contribution in [2.75, 3.05) is 0 Å². The van der Waals surface area contributed by atoms with Gasteiger partial charge in [0.15, 0.2) is 0 Å². The van der Waals surface area contributed by atoms with Crippen molar-refractivity contribution >= 4 is 17.5 Å². The number of ketones is 2. The van der Waals surface area contributed by atoms with Crippen LogP contribution in [0.4, 0.5) is 0 Å². The maximum atomic E-state index is 11.8. The fourth-order valence-electron chi connectivity index (χ4n) is 1.96. The van der Waals surface area contributed by atoms with Gasteiger partial charge in [0, 0.05) is 18.4 Å². The normalized spacial score (nSPS) is 10.2. The second-order valence-electron chi connectivity index (χ2n) is 4.78. The van der Waals surface area contributed by atoms with E-state index in [2.05, 4.69) is 0 Å². The fraction of sp³-hybridized carbons (Fsp3) is 0.438. The summed E-state index contributed by atoms with van der Waals surface area (Å²) in [6.45, 7) is 0. The number of Topliss-reactive ketones (excluding diaryl/α,β-unsaturated/α-hetero) is 2. The average molecular weight is 276 g/mol. The number of unbranched alkanes of at least 4 members (excludes halogenated alkanes) is 4. The highest BCUT2D eigenvalue weighted by molar-refractivity contribution is 6.43. The summed E-state index contributed by atoms with van der Waals surface area (Å²) in [5, 5.41) is 8.48. The van der Waals surface area contributed by atoms with Crippen LogP contribution in [-0.2, 0) is 9.59 Å². The van der Waals surface area contributed by atoms with E-state index in [4.69, 9.17) is 5.11 Å². The van der Waals surface area contributed by atoms with Gasteiger partial charge in [0.05, 0.1) is 0 Å². The van der Waals surface area contributed by atoms with Crippen LogP contribution in [-0.4, -0.2) is 22.6 Å². The number of carboxylic acid groups (broad SMARTS) is 1. The standard InChI is InChI=1S/C16H20O4/c17-14(16(20)13-9-5-4-6-10-13)11-7-2-1-3-8-12-15(18)19/h4-6,9-10H,1-3,7-8,11-12H2,(H,18,19). The van der Waals surface area contributed by atoms with Gasteiger partial charge in [0.1, 0.15) is 0 Å². The van der Waals surface area contributed by atoms with Gasteiger partial charge in [-0.25, -0.2) is 0 Å². The van der Waals surface area contributed by atoms with Crippen LogP contribution in [0.15, 0.2) is 30.3 Å². The monoisotopic (exact) mass is 276 g/mol. The molecule has 0 fully saturated rings. The lowest BCUT2D eigenvalue weighted by atomic mass is 10.0. The number of benzene rings is 1. The number of carboxylic acids is 1. The molecule has 1 rings (SSSR count). The van der Waals surface area contributed by atoms with Gasteiger partial charge in [0.2, 0.25) is 11.6 Å². The Morgan fingerprint density at radius 2 is 1.35 bits per heavy atom. The molecule has 0 saturated heterocycles. The minimum Gasteiger partial charge on any atom is -0.481 e. The average Bonchev–Trinajstić information content (AvgIpc) is 2.45. The van der Waals surface area contributed by atoms with Crippen molar-refractivity contribution < 1.29 is 19.5 Å². The Hall–Kier alpha value is -1.97. The van der Waals surface area contributed by atoms with Crippen LogP contribution < -0.4 is 0 Å². The topological polar surface area (TPSA) is 71.4 Å². The van der Waals surface area contributed by atoms with Gasteiger partial charge in [-0.05, 0) is 12.8 Å². The Morgan fingerprint density at radius 1 is 0.800 bits per heavy atom. The maximum absolute atomic E-state index is 11.8. The van der Waals surface area contributed by atoms with Crippen molar-refractivity contribution in [2.45, 2.75) is 44.9 Å². The number of rotatable bonds is 10. The summed E-state index contributed by atoms with van der Waals surface area (Å²) in [4.78, 5) is 33.8. The molecule has 0 amide bonds. The Balaban J connectivity index is 2.14. The highest BCUT2D eigenvalue weighted by Crippen LogP contribution is 2.09. The summed E-state index contributed by atoms with van der Waals surface area (Å²) in [6.07, 6.45) is 4.44. The molecule has 0 aliphatic carbocycles. The summed E-state index contributed by atoms with van der Waals surface area (Å²) in [6, 6.07) is 8.57. The smallest absolute Gasteiger partial charge is 0.303 e. The molecule has 0 saturated carbocycles. The lowest BCUT2D eigenvalue weighted by Gasteiger charge is -2.01. The van der Waals surface area contributed by atoms with Gasteiger partial charge in [-0.15, -0.1) is 0 Å². The molecule has 4 nitrogen and oxygen atoms in total.